The van der Waals surface area contributed by atoms with Crippen molar-refractivity contribution in [1.29, 1.82) is 0 Å². The number of nitrogens with zero attached hydrogens (tertiary/aromatic N) is 1. The van der Waals surface area contributed by atoms with Crippen molar-refractivity contribution in [2.45, 2.75) is 56.5 Å². The van der Waals surface area contributed by atoms with Crippen LogP contribution in [0, 0.1) is 0 Å². The van der Waals surface area contributed by atoms with Crippen LogP contribution in [0.5, 0.6) is 0 Å². The van der Waals surface area contributed by atoms with Gasteiger partial charge in [0.1, 0.15) is 5.54 Å². The van der Waals surface area contributed by atoms with Gasteiger partial charge in [-0.15, -0.1) is 0 Å². The van der Waals surface area contributed by atoms with Gasteiger partial charge < -0.3 is 20.5 Å². The van der Waals surface area contributed by atoms with Crippen molar-refractivity contribution < 1.29 is 14.6 Å². The van der Waals surface area contributed by atoms with Gasteiger partial charge in [0.2, 0.25) is 0 Å². The SMILES string of the molecule is [B]CCCCC(N)(CCN1CCC(OC)CC1)C(=O)O. The Morgan fingerprint density at radius 1 is 1.40 bits per heavy atom. The van der Waals surface area contributed by atoms with E-state index in [1.54, 1.807) is 7.11 Å². The van der Waals surface area contributed by atoms with E-state index in [2.05, 4.69) is 4.90 Å². The summed E-state index contributed by atoms with van der Waals surface area (Å²) in [7, 11) is 7.19. The van der Waals surface area contributed by atoms with Crippen molar-refractivity contribution in [2.24, 2.45) is 5.73 Å². The third-order valence-electron chi connectivity index (χ3n) is 4.25. The Bertz CT molecular complexity index is 296. The van der Waals surface area contributed by atoms with Crippen molar-refractivity contribution in [2.75, 3.05) is 26.7 Å². The van der Waals surface area contributed by atoms with E-state index in [0.29, 0.717) is 25.3 Å². The molecule has 1 aliphatic heterocycles. The summed E-state index contributed by atoms with van der Waals surface area (Å²) < 4.78 is 5.33. The fourth-order valence-corrected chi connectivity index (χ4v) is 2.65. The average molecular weight is 282 g/mol. The number of ether oxygens (including phenoxy) is 1. The topological polar surface area (TPSA) is 75.8 Å². The molecule has 0 aromatic carbocycles. The Morgan fingerprint density at radius 3 is 2.55 bits per heavy atom. The van der Waals surface area contributed by atoms with Crippen molar-refractivity contribution in [1.82, 2.24) is 4.90 Å². The summed E-state index contributed by atoms with van der Waals surface area (Å²) in [6.45, 7) is 2.65. The quantitative estimate of drug-likeness (QED) is 0.488. The number of nitrogens with two attached hydrogens (primary N) is 1. The summed E-state index contributed by atoms with van der Waals surface area (Å²) in [6, 6.07) is 0. The van der Waals surface area contributed by atoms with Gasteiger partial charge in [-0.2, -0.15) is 0 Å². The van der Waals surface area contributed by atoms with Gasteiger partial charge in [-0.25, -0.2) is 0 Å². The predicted molar refractivity (Wildman–Crippen MR) is 80.1 cm³/mol. The number of carboxylic acid groups (broad SMARTS) is 1. The van der Waals surface area contributed by atoms with Crippen LogP contribution in [0.4, 0.5) is 0 Å². The smallest absolute Gasteiger partial charge is 0.323 e. The van der Waals surface area contributed by atoms with E-state index in [-0.39, 0.29) is 0 Å². The number of hydrogen-bond donors (Lipinski definition) is 2. The van der Waals surface area contributed by atoms with E-state index in [1.165, 1.54) is 0 Å². The Morgan fingerprint density at radius 2 is 2.05 bits per heavy atom. The molecule has 2 radical (unpaired) electrons. The van der Waals surface area contributed by atoms with Crippen molar-refractivity contribution in [3.63, 3.8) is 0 Å². The number of methoxy groups -OCH3 is 1. The van der Waals surface area contributed by atoms with Crippen LogP contribution >= 0.6 is 0 Å². The minimum atomic E-state index is -1.12. The fourth-order valence-electron chi connectivity index (χ4n) is 2.65. The normalized spacial score (nSPS) is 20.7. The summed E-state index contributed by atoms with van der Waals surface area (Å²) >= 11 is 0. The predicted octanol–water partition coefficient (Wildman–Crippen LogP) is 1.03. The van der Waals surface area contributed by atoms with E-state index in [4.69, 9.17) is 18.3 Å². The van der Waals surface area contributed by atoms with Crippen LogP contribution in [-0.2, 0) is 9.53 Å². The molecule has 0 amide bonds. The van der Waals surface area contributed by atoms with Gasteiger partial charge in [0, 0.05) is 26.7 Å². The lowest BCUT2D eigenvalue weighted by Gasteiger charge is -2.33. The molecule has 1 atom stereocenters. The molecule has 0 bridgehead atoms. The maximum atomic E-state index is 11.4. The number of rotatable bonds is 9. The molecular weight excluding hydrogens is 255 g/mol. The lowest BCUT2D eigenvalue weighted by molar-refractivity contribution is -0.144. The summed E-state index contributed by atoms with van der Waals surface area (Å²) in [5.74, 6) is -0.902. The minimum Gasteiger partial charge on any atom is -0.480 e. The number of likely N-dealkylation sites (tertiary alicyclic amines) is 1. The second-order valence-electron chi connectivity index (χ2n) is 5.73. The molecule has 1 saturated heterocycles. The van der Waals surface area contributed by atoms with Gasteiger partial charge in [-0.05, 0) is 25.7 Å². The standard InChI is InChI=1S/C14H27BN2O3/c1-20-12-4-9-17(10-5-12)11-7-14(16,13(18)19)6-2-3-8-15/h12H,2-11,16H2,1H3,(H,18,19). The van der Waals surface area contributed by atoms with E-state index < -0.39 is 11.5 Å². The molecule has 3 N–H and O–H groups in total. The second kappa shape index (κ2) is 8.65. The first-order valence-electron chi connectivity index (χ1n) is 7.49. The van der Waals surface area contributed by atoms with Gasteiger partial charge in [0.25, 0.3) is 0 Å². The summed E-state index contributed by atoms with van der Waals surface area (Å²) in [6.07, 6.45) is 5.52. The third-order valence-corrected chi connectivity index (χ3v) is 4.25. The first kappa shape index (κ1) is 17.5. The molecule has 0 aromatic rings. The highest BCUT2D eigenvalue weighted by Gasteiger charge is 2.33. The molecule has 20 heavy (non-hydrogen) atoms. The number of unbranched alkanes of at least 4 members (excludes halogenated alkanes) is 1. The molecule has 0 saturated carbocycles. The van der Waals surface area contributed by atoms with Crippen LogP contribution in [0.3, 0.4) is 0 Å². The summed E-state index contributed by atoms with van der Waals surface area (Å²) in [4.78, 5) is 13.7. The van der Waals surface area contributed by atoms with E-state index >= 15 is 0 Å². The Kier molecular flexibility index (Phi) is 7.55. The minimum absolute atomic E-state index is 0.345. The lowest BCUT2D eigenvalue weighted by atomic mass is 9.87. The highest BCUT2D eigenvalue weighted by molar-refractivity contribution is 6.08. The molecule has 0 aromatic heterocycles. The molecule has 1 heterocycles. The Labute approximate surface area is 123 Å². The molecule has 1 aliphatic rings. The van der Waals surface area contributed by atoms with Crippen LogP contribution in [0.15, 0.2) is 0 Å². The zero-order valence-corrected chi connectivity index (χ0v) is 12.5. The molecule has 1 unspecified atom stereocenters. The number of carbonyl (C=O) groups is 1. The van der Waals surface area contributed by atoms with Crippen LogP contribution in [0.25, 0.3) is 0 Å². The summed E-state index contributed by atoms with van der Waals surface area (Å²) in [5.41, 5.74) is 4.94. The van der Waals surface area contributed by atoms with E-state index in [0.717, 1.165) is 45.3 Å². The van der Waals surface area contributed by atoms with Crippen LogP contribution in [-0.4, -0.2) is 62.2 Å². The number of piperidine rings is 1. The van der Waals surface area contributed by atoms with Crippen molar-refractivity contribution in [3.8, 4) is 0 Å². The first-order chi connectivity index (χ1) is 9.51. The van der Waals surface area contributed by atoms with Gasteiger partial charge >= 0.3 is 5.97 Å². The molecule has 5 nitrogen and oxygen atoms in total. The lowest BCUT2D eigenvalue weighted by Crippen LogP contribution is -2.51. The highest BCUT2D eigenvalue weighted by atomic mass is 16.5. The monoisotopic (exact) mass is 282 g/mol. The first-order valence-corrected chi connectivity index (χ1v) is 7.49. The maximum Gasteiger partial charge on any atom is 0.323 e. The maximum absolute atomic E-state index is 11.4. The molecule has 114 valence electrons. The Balaban J connectivity index is 2.37. The van der Waals surface area contributed by atoms with Gasteiger partial charge in [0.05, 0.1) is 14.0 Å². The molecule has 0 spiro atoms. The second-order valence-corrected chi connectivity index (χ2v) is 5.73. The molecule has 1 rings (SSSR count). The van der Waals surface area contributed by atoms with Gasteiger partial charge in [-0.1, -0.05) is 19.2 Å². The Hall–Kier alpha value is -0.585. The molecule has 1 fully saturated rings. The fraction of sp³-hybridized carbons (Fsp3) is 0.929. The van der Waals surface area contributed by atoms with Crippen LogP contribution in [0.2, 0.25) is 6.32 Å². The number of hydrogen-bond acceptors (Lipinski definition) is 4. The third kappa shape index (κ3) is 5.42. The molecule has 6 heteroatoms. The van der Waals surface area contributed by atoms with Crippen molar-refractivity contribution in [3.05, 3.63) is 0 Å². The molecular formula is C14H27BN2O3. The van der Waals surface area contributed by atoms with E-state index in [9.17, 15) is 9.90 Å². The summed E-state index contributed by atoms with van der Waals surface area (Å²) in [5, 5.41) is 9.35. The van der Waals surface area contributed by atoms with Gasteiger partial charge in [0.15, 0.2) is 0 Å². The van der Waals surface area contributed by atoms with Crippen LogP contribution < -0.4 is 5.73 Å². The van der Waals surface area contributed by atoms with Crippen LogP contribution in [0.1, 0.15) is 38.5 Å². The highest BCUT2D eigenvalue weighted by Crippen LogP contribution is 2.20. The zero-order valence-electron chi connectivity index (χ0n) is 12.5. The number of carboxylic acids is 1. The zero-order chi connectivity index (χ0) is 15.0. The molecule has 0 aliphatic carbocycles. The number of aliphatic carboxylic acids is 1. The van der Waals surface area contributed by atoms with E-state index in [1.807, 2.05) is 0 Å². The van der Waals surface area contributed by atoms with Crippen molar-refractivity contribution >= 4 is 13.8 Å². The van der Waals surface area contributed by atoms with Gasteiger partial charge in [-0.3, -0.25) is 4.79 Å². The average Bonchev–Trinajstić information content (AvgIpc) is 2.46. The largest absolute Gasteiger partial charge is 0.480 e.